The second-order valence-corrected chi connectivity index (χ2v) is 3.00. The van der Waals surface area contributed by atoms with Gasteiger partial charge in [-0.15, -0.1) is 0 Å². The van der Waals surface area contributed by atoms with Crippen molar-refractivity contribution in [3.63, 3.8) is 0 Å². The lowest BCUT2D eigenvalue weighted by Gasteiger charge is -2.28. The molecule has 10 heavy (non-hydrogen) atoms. The van der Waals surface area contributed by atoms with Crippen LogP contribution in [-0.2, 0) is 0 Å². The summed E-state index contributed by atoms with van der Waals surface area (Å²) in [4.78, 5) is 1.24. The summed E-state index contributed by atoms with van der Waals surface area (Å²) in [5.41, 5.74) is 0. The molecule has 0 aliphatic carbocycles. The first-order valence-corrected chi connectivity index (χ1v) is 3.72. The fourth-order valence-electron chi connectivity index (χ4n) is 1.22. The normalized spacial score (nSPS) is 24.0. The first-order chi connectivity index (χ1) is 4.70. The van der Waals surface area contributed by atoms with E-state index in [1.807, 2.05) is 0 Å². The van der Waals surface area contributed by atoms with Gasteiger partial charge in [-0.05, 0) is 18.8 Å². The van der Waals surface area contributed by atoms with Gasteiger partial charge in [0.2, 0.25) is 0 Å². The molecular formula is C7H13F2N. The lowest BCUT2D eigenvalue weighted by Crippen LogP contribution is -2.36. The van der Waals surface area contributed by atoms with E-state index in [1.54, 1.807) is 0 Å². The van der Waals surface area contributed by atoms with Gasteiger partial charge in [-0.3, -0.25) is 0 Å². The molecule has 0 saturated carbocycles. The topological polar surface area (TPSA) is 3.24 Å². The van der Waals surface area contributed by atoms with Crippen molar-refractivity contribution in [3.05, 3.63) is 0 Å². The number of hydrogen-bond donors (Lipinski definition) is 0. The van der Waals surface area contributed by atoms with Gasteiger partial charge in [0.1, 0.15) is 0 Å². The number of hydrogen-bond acceptors (Lipinski definition) is 1. The van der Waals surface area contributed by atoms with Crippen LogP contribution in [0, 0.1) is 5.92 Å². The highest BCUT2D eigenvalue weighted by Crippen LogP contribution is 2.18. The summed E-state index contributed by atoms with van der Waals surface area (Å²) in [6, 6.07) is 0. The zero-order valence-corrected chi connectivity index (χ0v) is 6.19. The molecule has 1 nitrogen and oxygen atoms in total. The highest BCUT2D eigenvalue weighted by Gasteiger charge is 2.21. The molecule has 1 fully saturated rings. The van der Waals surface area contributed by atoms with Gasteiger partial charge in [0.05, 0.1) is 0 Å². The molecule has 1 rings (SSSR count). The summed E-state index contributed by atoms with van der Waals surface area (Å²) in [6.45, 7) is 1.01. The van der Waals surface area contributed by atoms with Crippen LogP contribution in [0.5, 0.6) is 0 Å². The number of nitrogens with zero attached hydrogens (tertiary/aromatic N) is 1. The van der Waals surface area contributed by atoms with E-state index in [2.05, 4.69) is 6.92 Å². The van der Waals surface area contributed by atoms with Crippen LogP contribution in [0.1, 0.15) is 19.8 Å². The quantitative estimate of drug-likeness (QED) is 0.515. The first-order valence-electron chi connectivity index (χ1n) is 3.72. The van der Waals surface area contributed by atoms with Gasteiger partial charge in [0, 0.05) is 13.1 Å². The van der Waals surface area contributed by atoms with Crippen molar-refractivity contribution in [2.75, 3.05) is 13.1 Å². The third-order valence-corrected chi connectivity index (χ3v) is 2.09. The smallest absolute Gasteiger partial charge is 0.247 e. The second-order valence-electron chi connectivity index (χ2n) is 3.00. The molecule has 0 unspecified atom stereocenters. The van der Waals surface area contributed by atoms with Crippen molar-refractivity contribution in [2.45, 2.75) is 26.3 Å². The van der Waals surface area contributed by atoms with Crippen molar-refractivity contribution >= 4 is 0 Å². The number of halogens is 2. The van der Waals surface area contributed by atoms with Crippen LogP contribution in [-0.4, -0.2) is 24.5 Å². The Morgan fingerprint density at radius 3 is 2.20 bits per heavy atom. The lowest BCUT2D eigenvalue weighted by molar-refractivity contribution is -0.0433. The van der Waals surface area contributed by atoms with Gasteiger partial charge >= 0.3 is 0 Å². The fraction of sp³-hybridized carbons (Fsp3) is 1.00. The Balaban J connectivity index is 2.26. The molecule has 0 amide bonds. The van der Waals surface area contributed by atoms with E-state index in [9.17, 15) is 8.78 Å². The Hall–Kier alpha value is -0.180. The molecule has 0 atom stereocenters. The zero-order valence-electron chi connectivity index (χ0n) is 6.19. The van der Waals surface area contributed by atoms with Gasteiger partial charge in [0.25, 0.3) is 6.55 Å². The molecule has 3 heteroatoms. The maximum atomic E-state index is 12.0. The van der Waals surface area contributed by atoms with Crippen LogP contribution in [0.4, 0.5) is 8.78 Å². The summed E-state index contributed by atoms with van der Waals surface area (Å²) in [6.07, 6.45) is 1.84. The third-order valence-electron chi connectivity index (χ3n) is 2.09. The summed E-state index contributed by atoms with van der Waals surface area (Å²) in [7, 11) is 0. The molecule has 0 bridgehead atoms. The Morgan fingerprint density at radius 2 is 1.80 bits per heavy atom. The van der Waals surface area contributed by atoms with E-state index in [0.717, 1.165) is 12.8 Å². The average molecular weight is 149 g/mol. The summed E-state index contributed by atoms with van der Waals surface area (Å²) < 4.78 is 23.9. The molecule has 0 aromatic rings. The van der Waals surface area contributed by atoms with Gasteiger partial charge < -0.3 is 0 Å². The van der Waals surface area contributed by atoms with Gasteiger partial charge in [-0.2, -0.15) is 8.78 Å². The number of alkyl halides is 2. The lowest BCUT2D eigenvalue weighted by atomic mass is 10.00. The van der Waals surface area contributed by atoms with E-state index in [0.29, 0.717) is 19.0 Å². The predicted octanol–water partition coefficient (Wildman–Crippen LogP) is 1.94. The number of piperidine rings is 1. The number of likely N-dealkylation sites (tertiary alicyclic amines) is 1. The Kier molecular flexibility index (Phi) is 2.60. The molecule has 60 valence electrons. The van der Waals surface area contributed by atoms with E-state index in [4.69, 9.17) is 0 Å². The molecular weight excluding hydrogens is 136 g/mol. The van der Waals surface area contributed by atoms with Gasteiger partial charge in [-0.1, -0.05) is 6.92 Å². The van der Waals surface area contributed by atoms with Crippen LogP contribution in [0.3, 0.4) is 0 Å². The molecule has 1 saturated heterocycles. The Bertz CT molecular complexity index is 97.8. The van der Waals surface area contributed by atoms with E-state index in [-0.39, 0.29) is 0 Å². The molecule has 1 heterocycles. The average Bonchev–Trinajstić information content (AvgIpc) is 1.88. The molecule has 0 spiro atoms. The Labute approximate surface area is 60.0 Å². The first kappa shape index (κ1) is 7.92. The molecule has 0 aromatic heterocycles. The number of rotatable bonds is 1. The predicted molar refractivity (Wildman–Crippen MR) is 36.0 cm³/mol. The van der Waals surface area contributed by atoms with Crippen molar-refractivity contribution in [3.8, 4) is 0 Å². The highest BCUT2D eigenvalue weighted by atomic mass is 19.3. The van der Waals surface area contributed by atoms with Crippen molar-refractivity contribution in [1.29, 1.82) is 0 Å². The molecule has 1 aliphatic rings. The standard InChI is InChI=1S/C7H13F2N/c1-6-2-4-10(5-3-6)7(8)9/h6-7H,2-5H2,1H3. The fourth-order valence-corrected chi connectivity index (χ4v) is 1.22. The van der Waals surface area contributed by atoms with Crippen LogP contribution in [0.25, 0.3) is 0 Å². The van der Waals surface area contributed by atoms with Crippen molar-refractivity contribution in [2.24, 2.45) is 5.92 Å². The van der Waals surface area contributed by atoms with Crippen LogP contribution in [0.2, 0.25) is 0 Å². The van der Waals surface area contributed by atoms with Gasteiger partial charge in [0.15, 0.2) is 0 Å². The highest BCUT2D eigenvalue weighted by molar-refractivity contribution is 4.67. The molecule has 1 aliphatic heterocycles. The Morgan fingerprint density at radius 1 is 1.30 bits per heavy atom. The van der Waals surface area contributed by atoms with Crippen LogP contribution < -0.4 is 0 Å². The van der Waals surface area contributed by atoms with E-state index < -0.39 is 6.55 Å². The van der Waals surface area contributed by atoms with Crippen LogP contribution in [0.15, 0.2) is 0 Å². The summed E-state index contributed by atoms with van der Waals surface area (Å²) in [5, 5.41) is 0. The maximum Gasteiger partial charge on any atom is 0.294 e. The monoisotopic (exact) mass is 149 g/mol. The largest absolute Gasteiger partial charge is 0.294 e. The molecule has 0 N–H and O–H groups in total. The SMILES string of the molecule is CC1CCN(C(F)F)CC1. The molecule has 0 radical (unpaired) electrons. The van der Waals surface area contributed by atoms with Crippen molar-refractivity contribution in [1.82, 2.24) is 4.90 Å². The third kappa shape index (κ3) is 1.90. The minimum absolute atomic E-state index is 0.568. The summed E-state index contributed by atoms with van der Waals surface area (Å²) >= 11 is 0. The minimum atomic E-state index is -2.24. The maximum absolute atomic E-state index is 12.0. The van der Waals surface area contributed by atoms with Gasteiger partial charge in [-0.25, -0.2) is 4.90 Å². The van der Waals surface area contributed by atoms with Crippen molar-refractivity contribution < 1.29 is 8.78 Å². The molecule has 0 aromatic carbocycles. The van der Waals surface area contributed by atoms with Crippen LogP contribution >= 0.6 is 0 Å². The summed E-state index contributed by atoms with van der Waals surface area (Å²) in [5.74, 6) is 0.634. The van der Waals surface area contributed by atoms with E-state index >= 15 is 0 Å². The van der Waals surface area contributed by atoms with E-state index in [1.165, 1.54) is 4.90 Å². The minimum Gasteiger partial charge on any atom is -0.247 e. The zero-order chi connectivity index (χ0) is 7.56. The second kappa shape index (κ2) is 3.28.